The third-order valence-corrected chi connectivity index (χ3v) is 4.43. The Balaban J connectivity index is 1.71. The molecule has 184 valence electrons. The molecule has 0 saturated carbocycles. The van der Waals surface area contributed by atoms with Gasteiger partial charge >= 0.3 is 5.97 Å². The fourth-order valence-electron chi connectivity index (χ4n) is 2.35. The number of esters is 1. The second kappa shape index (κ2) is 21.3. The highest BCUT2D eigenvalue weighted by molar-refractivity contribution is 5.89. The quantitative estimate of drug-likeness (QED) is 0.195. The number of carbonyl (C=O) groups is 1. The fraction of sp³-hybridized carbons (Fsp3) is 0.708. The van der Waals surface area contributed by atoms with Gasteiger partial charge in [-0.3, -0.25) is 0 Å². The lowest BCUT2D eigenvalue weighted by Gasteiger charge is -2.10. The molecule has 1 aromatic rings. The molecule has 0 heterocycles. The van der Waals surface area contributed by atoms with Crippen molar-refractivity contribution in [2.75, 3.05) is 85.9 Å². The summed E-state index contributed by atoms with van der Waals surface area (Å²) in [7, 11) is 0. The van der Waals surface area contributed by atoms with Crippen LogP contribution in [-0.2, 0) is 33.2 Å². The van der Waals surface area contributed by atoms with Crippen molar-refractivity contribution in [3.63, 3.8) is 0 Å². The molecule has 0 bridgehead atoms. The molecule has 0 N–H and O–H groups in total. The molecule has 32 heavy (non-hydrogen) atoms. The van der Waals surface area contributed by atoms with Gasteiger partial charge in [0.15, 0.2) is 0 Å². The molecule has 1 rings (SSSR count). The summed E-state index contributed by atoms with van der Waals surface area (Å²) in [5, 5.41) is 0. The first-order valence-electron chi connectivity index (χ1n) is 11.4. The van der Waals surface area contributed by atoms with Gasteiger partial charge in [0.2, 0.25) is 0 Å². The molecular weight excluding hydrogens is 416 g/mol. The number of hydrogen-bond acceptors (Lipinski definition) is 8. The molecule has 0 radical (unpaired) electrons. The summed E-state index contributed by atoms with van der Waals surface area (Å²) in [5.74, 6) is 0.252. The van der Waals surface area contributed by atoms with Gasteiger partial charge in [0.05, 0.1) is 78.2 Å². The van der Waals surface area contributed by atoms with Crippen molar-refractivity contribution in [2.24, 2.45) is 5.92 Å². The number of rotatable bonds is 22. The van der Waals surface area contributed by atoms with Crippen molar-refractivity contribution in [3.05, 3.63) is 35.9 Å². The van der Waals surface area contributed by atoms with E-state index in [1.165, 1.54) is 0 Å². The zero-order valence-corrected chi connectivity index (χ0v) is 19.6. The van der Waals surface area contributed by atoms with E-state index >= 15 is 0 Å². The zero-order valence-electron chi connectivity index (χ0n) is 19.6. The maximum Gasteiger partial charge on any atom is 0.338 e. The van der Waals surface area contributed by atoms with Crippen LogP contribution in [0.3, 0.4) is 0 Å². The predicted octanol–water partition coefficient (Wildman–Crippen LogP) is 2.99. The molecular formula is C24H40O8. The topological polar surface area (TPSA) is 81.7 Å². The molecule has 1 atom stereocenters. The van der Waals surface area contributed by atoms with Crippen LogP contribution >= 0.6 is 0 Å². The Morgan fingerprint density at radius 1 is 0.656 bits per heavy atom. The first-order valence-corrected chi connectivity index (χ1v) is 11.4. The molecule has 0 aliphatic carbocycles. The normalized spacial score (nSPS) is 12.1. The van der Waals surface area contributed by atoms with E-state index in [2.05, 4.69) is 13.8 Å². The summed E-state index contributed by atoms with van der Waals surface area (Å²) in [6.45, 7) is 10.9. The average Bonchev–Trinajstić information content (AvgIpc) is 2.83. The predicted molar refractivity (Wildman–Crippen MR) is 121 cm³/mol. The zero-order chi connectivity index (χ0) is 23.1. The monoisotopic (exact) mass is 456 g/mol. The average molecular weight is 457 g/mol. The van der Waals surface area contributed by atoms with Gasteiger partial charge in [-0.15, -0.1) is 0 Å². The van der Waals surface area contributed by atoms with Crippen molar-refractivity contribution < 1.29 is 38.0 Å². The molecule has 8 heteroatoms. The third kappa shape index (κ3) is 17.1. The standard InChI is InChI=1S/C24H40O8/c1-3-22(2)21-31-18-17-29-14-13-27-10-9-26-11-12-28-15-16-30-19-20-32-24(25)23-7-5-4-6-8-23/h4-8,22H,3,9-21H2,1-2H3. The minimum Gasteiger partial charge on any atom is -0.460 e. The minimum absolute atomic E-state index is 0.216. The molecule has 0 aliphatic heterocycles. The van der Waals surface area contributed by atoms with Crippen molar-refractivity contribution in [2.45, 2.75) is 20.3 Å². The Labute approximate surface area is 192 Å². The highest BCUT2D eigenvalue weighted by Gasteiger charge is 2.05. The molecule has 8 nitrogen and oxygen atoms in total. The SMILES string of the molecule is CCC(C)COCCOCCOCCOCCOCCOCCOC(=O)c1ccccc1. The summed E-state index contributed by atoms with van der Waals surface area (Å²) in [4.78, 5) is 11.7. The Kier molecular flexibility index (Phi) is 19.0. The van der Waals surface area contributed by atoms with Gasteiger partial charge in [-0.1, -0.05) is 38.5 Å². The molecule has 0 fully saturated rings. The third-order valence-electron chi connectivity index (χ3n) is 4.43. The Bertz CT molecular complexity index is 540. The largest absolute Gasteiger partial charge is 0.460 e. The highest BCUT2D eigenvalue weighted by Crippen LogP contribution is 2.01. The number of ether oxygens (including phenoxy) is 7. The lowest BCUT2D eigenvalue weighted by Crippen LogP contribution is -2.15. The van der Waals surface area contributed by atoms with Crippen molar-refractivity contribution in [1.82, 2.24) is 0 Å². The maximum absolute atomic E-state index is 11.7. The van der Waals surface area contributed by atoms with Gasteiger partial charge in [0.1, 0.15) is 6.61 Å². The molecule has 0 aromatic heterocycles. The first kappa shape index (κ1) is 28.5. The van der Waals surface area contributed by atoms with Crippen LogP contribution in [-0.4, -0.2) is 91.9 Å². The second-order valence-corrected chi connectivity index (χ2v) is 7.15. The van der Waals surface area contributed by atoms with E-state index in [1.807, 2.05) is 6.07 Å². The van der Waals surface area contributed by atoms with Gasteiger partial charge in [-0.25, -0.2) is 4.79 Å². The molecule has 1 aromatic carbocycles. The Hall–Kier alpha value is -1.55. The van der Waals surface area contributed by atoms with Gasteiger partial charge in [0, 0.05) is 6.61 Å². The van der Waals surface area contributed by atoms with E-state index in [0.29, 0.717) is 84.2 Å². The molecule has 0 saturated heterocycles. The van der Waals surface area contributed by atoms with Gasteiger partial charge in [-0.2, -0.15) is 0 Å². The van der Waals surface area contributed by atoms with E-state index < -0.39 is 0 Å². The lowest BCUT2D eigenvalue weighted by atomic mass is 10.1. The summed E-state index contributed by atoms with van der Waals surface area (Å²) >= 11 is 0. The number of benzene rings is 1. The molecule has 0 aliphatic rings. The molecule has 1 unspecified atom stereocenters. The van der Waals surface area contributed by atoms with Crippen LogP contribution in [0.25, 0.3) is 0 Å². The number of hydrogen-bond donors (Lipinski definition) is 0. The van der Waals surface area contributed by atoms with Crippen molar-refractivity contribution in [3.8, 4) is 0 Å². The van der Waals surface area contributed by atoms with Crippen LogP contribution in [0.4, 0.5) is 0 Å². The number of carbonyl (C=O) groups excluding carboxylic acids is 1. The van der Waals surface area contributed by atoms with Crippen molar-refractivity contribution >= 4 is 5.97 Å². The Morgan fingerprint density at radius 3 is 1.50 bits per heavy atom. The van der Waals surface area contributed by atoms with Crippen LogP contribution in [0.5, 0.6) is 0 Å². The van der Waals surface area contributed by atoms with Gasteiger partial charge in [-0.05, 0) is 18.1 Å². The Morgan fingerprint density at radius 2 is 1.06 bits per heavy atom. The van der Waals surface area contributed by atoms with Crippen LogP contribution in [0.2, 0.25) is 0 Å². The smallest absolute Gasteiger partial charge is 0.338 e. The van der Waals surface area contributed by atoms with Crippen molar-refractivity contribution in [1.29, 1.82) is 0 Å². The van der Waals surface area contributed by atoms with Crippen LogP contribution in [0, 0.1) is 5.92 Å². The van der Waals surface area contributed by atoms with E-state index in [0.717, 1.165) is 13.0 Å². The van der Waals surface area contributed by atoms with Gasteiger partial charge < -0.3 is 33.2 Å². The van der Waals surface area contributed by atoms with E-state index in [1.54, 1.807) is 24.3 Å². The second-order valence-electron chi connectivity index (χ2n) is 7.15. The summed E-state index contributed by atoms with van der Waals surface area (Å²) in [6.07, 6.45) is 1.13. The van der Waals surface area contributed by atoms with E-state index in [9.17, 15) is 4.79 Å². The maximum atomic E-state index is 11.7. The van der Waals surface area contributed by atoms with Gasteiger partial charge in [0.25, 0.3) is 0 Å². The fourth-order valence-corrected chi connectivity index (χ4v) is 2.35. The van der Waals surface area contributed by atoms with E-state index in [-0.39, 0.29) is 12.6 Å². The minimum atomic E-state index is -0.346. The van der Waals surface area contributed by atoms with E-state index in [4.69, 9.17) is 33.2 Å². The van der Waals surface area contributed by atoms with Crippen LogP contribution < -0.4 is 0 Å². The highest BCUT2D eigenvalue weighted by atomic mass is 16.6. The van der Waals surface area contributed by atoms with Crippen LogP contribution in [0.1, 0.15) is 30.6 Å². The summed E-state index contributed by atoms with van der Waals surface area (Å²) in [6, 6.07) is 8.87. The molecule has 0 amide bonds. The van der Waals surface area contributed by atoms with Crippen LogP contribution in [0.15, 0.2) is 30.3 Å². The summed E-state index contributed by atoms with van der Waals surface area (Å²) in [5.41, 5.74) is 0.535. The lowest BCUT2D eigenvalue weighted by molar-refractivity contribution is -0.0204. The summed E-state index contributed by atoms with van der Waals surface area (Å²) < 4.78 is 37.7. The first-order chi connectivity index (χ1) is 15.7. The molecule has 0 spiro atoms.